The van der Waals surface area contributed by atoms with E-state index in [0.717, 1.165) is 19.3 Å². The molecule has 1 N–H and O–H groups in total. The Morgan fingerprint density at radius 1 is 1.29 bits per heavy atom. The van der Waals surface area contributed by atoms with Crippen molar-refractivity contribution < 1.29 is 19.4 Å². The number of carbonyl (C=O) groups excluding carboxylic acids is 1. The van der Waals surface area contributed by atoms with Crippen LogP contribution in [0.25, 0.3) is 0 Å². The number of ether oxygens (including phenoxy) is 1. The van der Waals surface area contributed by atoms with Crippen molar-refractivity contribution in [2.24, 2.45) is 11.8 Å². The Labute approximate surface area is 86.0 Å². The molecule has 2 fully saturated rings. The largest absolute Gasteiger partial charge is 0.473 e. The van der Waals surface area contributed by atoms with E-state index in [0.29, 0.717) is 11.8 Å². The van der Waals surface area contributed by atoms with Gasteiger partial charge in [-0.15, -0.1) is 0 Å². The van der Waals surface area contributed by atoms with Crippen LogP contribution < -0.4 is 0 Å². The molecule has 0 aliphatic heterocycles. The highest BCUT2D eigenvalue weighted by atomic mass is 32.2. The maximum Gasteiger partial charge on any atom is 0.378 e. The van der Waals surface area contributed by atoms with Crippen molar-refractivity contribution in [2.75, 3.05) is 0 Å². The van der Waals surface area contributed by atoms with Gasteiger partial charge in [-0.2, -0.15) is 0 Å². The summed E-state index contributed by atoms with van der Waals surface area (Å²) in [6.07, 6.45) is 4.42. The first-order valence-corrected chi connectivity index (χ1v) is 5.58. The number of rotatable bonds is 1. The van der Waals surface area contributed by atoms with Crippen molar-refractivity contribution in [3.05, 3.63) is 0 Å². The molecule has 2 saturated carbocycles. The van der Waals surface area contributed by atoms with E-state index in [1.165, 1.54) is 6.42 Å². The van der Waals surface area contributed by atoms with Gasteiger partial charge in [0.2, 0.25) is 0 Å². The highest BCUT2D eigenvalue weighted by molar-refractivity contribution is 8.25. The van der Waals surface area contributed by atoms with Crippen molar-refractivity contribution in [2.45, 2.75) is 31.8 Å². The average molecular weight is 216 g/mol. The summed E-state index contributed by atoms with van der Waals surface area (Å²) in [6.45, 7) is 0. The van der Waals surface area contributed by atoms with Gasteiger partial charge in [0.1, 0.15) is 6.10 Å². The summed E-state index contributed by atoms with van der Waals surface area (Å²) in [4.78, 5) is 21.3. The molecule has 3 unspecified atom stereocenters. The second-order valence-corrected chi connectivity index (χ2v) is 4.84. The van der Waals surface area contributed by atoms with Gasteiger partial charge in [0, 0.05) is 0 Å². The Morgan fingerprint density at radius 2 is 2.07 bits per heavy atom. The molecule has 0 spiro atoms. The lowest BCUT2D eigenvalue weighted by molar-refractivity contribution is 0.0852. The first-order valence-electron chi connectivity index (χ1n) is 4.76. The minimum Gasteiger partial charge on any atom is -0.473 e. The van der Waals surface area contributed by atoms with Crippen LogP contribution in [0.15, 0.2) is 0 Å². The van der Waals surface area contributed by atoms with Crippen LogP contribution in [0.1, 0.15) is 25.7 Å². The summed E-state index contributed by atoms with van der Waals surface area (Å²) < 4.78 is 5.10. The van der Waals surface area contributed by atoms with Crippen LogP contribution in [-0.2, 0) is 4.74 Å². The van der Waals surface area contributed by atoms with Gasteiger partial charge in [0.25, 0.3) is 0 Å². The topological polar surface area (TPSA) is 63.6 Å². The fourth-order valence-electron chi connectivity index (χ4n) is 2.55. The van der Waals surface area contributed by atoms with Crippen LogP contribution >= 0.6 is 11.8 Å². The van der Waals surface area contributed by atoms with E-state index in [1.807, 2.05) is 0 Å². The second-order valence-electron chi connectivity index (χ2n) is 3.95. The Kier molecular flexibility index (Phi) is 2.67. The van der Waals surface area contributed by atoms with Crippen LogP contribution in [0.4, 0.5) is 9.59 Å². The number of carbonyl (C=O) groups is 2. The molecule has 3 atom stereocenters. The molecule has 0 aromatic heterocycles. The highest BCUT2D eigenvalue weighted by Gasteiger charge is 2.41. The lowest BCUT2D eigenvalue weighted by Crippen LogP contribution is -2.22. The normalized spacial score (nSPS) is 34.4. The molecular weight excluding hydrogens is 204 g/mol. The zero-order chi connectivity index (χ0) is 10.1. The minimum absolute atomic E-state index is 0.0203. The predicted octanol–water partition coefficient (Wildman–Crippen LogP) is 2.72. The summed E-state index contributed by atoms with van der Waals surface area (Å²) in [5.41, 5.74) is 0. The molecule has 2 aliphatic carbocycles. The third-order valence-corrected chi connectivity index (χ3v) is 3.53. The summed E-state index contributed by atoms with van der Waals surface area (Å²) in [6, 6.07) is 0. The molecule has 0 aromatic carbocycles. The minimum atomic E-state index is -1.20. The number of carboxylic acid groups (broad SMARTS) is 1. The summed E-state index contributed by atoms with van der Waals surface area (Å²) in [7, 11) is 0. The van der Waals surface area contributed by atoms with Crippen molar-refractivity contribution in [1.82, 2.24) is 0 Å². The van der Waals surface area contributed by atoms with Crippen LogP contribution in [0.3, 0.4) is 0 Å². The molecule has 0 heterocycles. The maximum atomic E-state index is 11.0. The van der Waals surface area contributed by atoms with Crippen molar-refractivity contribution in [3.8, 4) is 0 Å². The molecule has 2 rings (SSSR count). The summed E-state index contributed by atoms with van der Waals surface area (Å²) >= 11 is 0.224. The molecule has 4 nitrogen and oxygen atoms in total. The number of hydrogen-bond donors (Lipinski definition) is 1. The highest BCUT2D eigenvalue weighted by Crippen LogP contribution is 2.46. The van der Waals surface area contributed by atoms with Gasteiger partial charge < -0.3 is 9.84 Å². The van der Waals surface area contributed by atoms with E-state index in [9.17, 15) is 9.59 Å². The fourth-order valence-corrected chi connectivity index (χ4v) is 2.86. The quantitative estimate of drug-likeness (QED) is 0.683. The third-order valence-electron chi connectivity index (χ3n) is 3.09. The standard InChI is InChI=1S/C9H12O4S/c10-8(11)14-9(12)13-7-4-5-1-2-6(7)3-5/h5-7H,1-4H2,(H,10,11). The molecule has 2 bridgehead atoms. The maximum absolute atomic E-state index is 11.0. The van der Waals surface area contributed by atoms with E-state index in [-0.39, 0.29) is 17.9 Å². The molecule has 2 aliphatic rings. The lowest BCUT2D eigenvalue weighted by Gasteiger charge is -2.20. The van der Waals surface area contributed by atoms with E-state index in [2.05, 4.69) is 0 Å². The van der Waals surface area contributed by atoms with Crippen molar-refractivity contribution >= 4 is 22.4 Å². The van der Waals surface area contributed by atoms with Gasteiger partial charge in [-0.1, -0.05) is 0 Å². The monoisotopic (exact) mass is 216 g/mol. The van der Waals surface area contributed by atoms with E-state index >= 15 is 0 Å². The Bertz CT molecular complexity index is 266. The van der Waals surface area contributed by atoms with Gasteiger partial charge >= 0.3 is 10.6 Å². The summed E-state index contributed by atoms with van der Waals surface area (Å²) in [5.74, 6) is 1.19. The van der Waals surface area contributed by atoms with Crippen LogP contribution in [-0.4, -0.2) is 21.8 Å². The first-order chi connectivity index (χ1) is 6.65. The van der Waals surface area contributed by atoms with Crippen molar-refractivity contribution in [1.29, 1.82) is 0 Å². The van der Waals surface area contributed by atoms with Gasteiger partial charge in [0.15, 0.2) is 0 Å². The Hall–Kier alpha value is -0.710. The zero-order valence-electron chi connectivity index (χ0n) is 7.64. The third kappa shape index (κ3) is 2.03. The van der Waals surface area contributed by atoms with Gasteiger partial charge in [0.05, 0.1) is 11.8 Å². The SMILES string of the molecule is O=C(O)SC(=O)OC1CC2CCC1C2. The summed E-state index contributed by atoms with van der Waals surface area (Å²) in [5, 5.41) is 6.48. The lowest BCUT2D eigenvalue weighted by atomic mass is 9.98. The predicted molar refractivity (Wildman–Crippen MR) is 51.3 cm³/mol. The zero-order valence-corrected chi connectivity index (χ0v) is 8.46. The van der Waals surface area contributed by atoms with Crippen LogP contribution in [0.5, 0.6) is 0 Å². The molecule has 0 saturated heterocycles. The molecule has 14 heavy (non-hydrogen) atoms. The van der Waals surface area contributed by atoms with Gasteiger partial charge in [-0.25, -0.2) is 9.59 Å². The Balaban J connectivity index is 1.81. The first kappa shape index (κ1) is 9.83. The Morgan fingerprint density at radius 3 is 2.57 bits per heavy atom. The van der Waals surface area contributed by atoms with Crippen LogP contribution in [0.2, 0.25) is 0 Å². The molecule has 5 heteroatoms. The molecular formula is C9H12O4S. The van der Waals surface area contributed by atoms with E-state index in [4.69, 9.17) is 9.84 Å². The fraction of sp³-hybridized carbons (Fsp3) is 0.778. The second kappa shape index (κ2) is 3.81. The number of fused-ring (bicyclic) bond motifs is 2. The smallest absolute Gasteiger partial charge is 0.378 e. The number of hydrogen-bond acceptors (Lipinski definition) is 4. The van der Waals surface area contributed by atoms with Gasteiger partial charge in [-0.05, 0) is 37.5 Å². The van der Waals surface area contributed by atoms with Crippen molar-refractivity contribution in [3.63, 3.8) is 0 Å². The molecule has 0 aromatic rings. The number of thioether (sulfide) groups is 1. The molecule has 78 valence electrons. The van der Waals surface area contributed by atoms with E-state index in [1.54, 1.807) is 0 Å². The molecule has 0 amide bonds. The van der Waals surface area contributed by atoms with E-state index < -0.39 is 10.6 Å². The van der Waals surface area contributed by atoms with Crippen LogP contribution in [0, 0.1) is 11.8 Å². The van der Waals surface area contributed by atoms with Gasteiger partial charge in [-0.3, -0.25) is 0 Å². The molecule has 0 radical (unpaired) electrons. The average Bonchev–Trinajstić information content (AvgIpc) is 2.62.